The highest BCUT2D eigenvalue weighted by atomic mass is 16.3. The molecule has 4 rings (SSSR count). The van der Waals surface area contributed by atoms with Crippen LogP contribution in [0.25, 0.3) is 11.0 Å². The van der Waals surface area contributed by atoms with E-state index in [0.717, 1.165) is 29.5 Å². The smallest absolute Gasteiger partial charge is 0.307 e. The minimum Gasteiger partial charge on any atom is -0.451 e. The summed E-state index contributed by atoms with van der Waals surface area (Å²) in [5, 5.41) is 5.09. The fourth-order valence-electron chi connectivity index (χ4n) is 4.70. The number of aryl methyl sites for hydroxylation is 1. The Morgan fingerprint density at radius 3 is 2.80 bits per heavy atom. The molecule has 2 aromatic carbocycles. The number of fused-ring (bicyclic) bond motifs is 2. The van der Waals surface area contributed by atoms with Crippen molar-refractivity contribution in [3.8, 4) is 0 Å². The molecule has 1 aliphatic rings. The minimum atomic E-state index is -0.356. The lowest BCUT2D eigenvalue weighted by atomic mass is 9.79. The molecule has 0 spiro atoms. The van der Waals surface area contributed by atoms with Gasteiger partial charge in [0.25, 0.3) is 0 Å². The molecule has 3 aromatic rings. The number of hydrogen-bond donors (Lipinski definition) is 1. The Morgan fingerprint density at radius 1 is 1.30 bits per heavy atom. The molecule has 2 heterocycles. The molecule has 0 radical (unpaired) electrons. The van der Waals surface area contributed by atoms with E-state index < -0.39 is 0 Å². The molecular weight excluding hydrogens is 374 g/mol. The number of carbonyl (C=O) groups is 1. The molecule has 156 valence electrons. The first-order chi connectivity index (χ1) is 14.3. The summed E-state index contributed by atoms with van der Waals surface area (Å²) < 4.78 is 5.60. The summed E-state index contributed by atoms with van der Waals surface area (Å²) in [5.41, 5.74) is 8.22. The minimum absolute atomic E-state index is 0.143. The first kappa shape index (κ1) is 20.2. The zero-order chi connectivity index (χ0) is 21.5. The predicted molar refractivity (Wildman–Crippen MR) is 123 cm³/mol. The van der Waals surface area contributed by atoms with Gasteiger partial charge in [-0.25, -0.2) is 5.43 Å². The summed E-state index contributed by atoms with van der Waals surface area (Å²) in [5.74, 6) is 0.367. The third-order valence-corrected chi connectivity index (χ3v) is 6.11. The van der Waals surface area contributed by atoms with Crippen LogP contribution in [0, 0.1) is 6.92 Å². The Kier molecular flexibility index (Phi) is 5.14. The van der Waals surface area contributed by atoms with E-state index >= 15 is 0 Å². The Bertz CT molecular complexity index is 1090. The number of rotatable bonds is 4. The van der Waals surface area contributed by atoms with Crippen LogP contribution < -0.4 is 10.3 Å². The maximum atomic E-state index is 12.4. The lowest BCUT2D eigenvalue weighted by molar-refractivity contribution is 0.0929. The van der Waals surface area contributed by atoms with Crippen LogP contribution in [-0.2, 0) is 0 Å². The van der Waals surface area contributed by atoms with Gasteiger partial charge in [0.1, 0.15) is 5.58 Å². The van der Waals surface area contributed by atoms with Crippen LogP contribution in [0.4, 0.5) is 5.69 Å². The lowest BCUT2D eigenvalue weighted by Gasteiger charge is -2.47. The molecule has 1 N–H and O–H groups in total. The lowest BCUT2D eigenvalue weighted by Crippen LogP contribution is -2.48. The molecule has 1 aromatic heterocycles. The highest BCUT2D eigenvalue weighted by Crippen LogP contribution is 2.43. The Morgan fingerprint density at radius 2 is 2.07 bits per heavy atom. The average Bonchev–Trinajstić information content (AvgIpc) is 3.13. The fraction of sp³-hybridized carbons (Fsp3) is 0.360. The van der Waals surface area contributed by atoms with Crippen LogP contribution in [0.3, 0.4) is 0 Å². The number of hydrazone groups is 1. The van der Waals surface area contributed by atoms with Crippen molar-refractivity contribution in [1.82, 2.24) is 5.43 Å². The first-order valence-electron chi connectivity index (χ1n) is 10.5. The van der Waals surface area contributed by atoms with Gasteiger partial charge in [-0.2, -0.15) is 5.10 Å². The number of benzene rings is 2. The van der Waals surface area contributed by atoms with Crippen LogP contribution >= 0.6 is 0 Å². The molecular formula is C25H29N3O2. The zero-order valence-corrected chi connectivity index (χ0v) is 18.3. The highest BCUT2D eigenvalue weighted by molar-refractivity contribution is 5.96. The molecule has 1 aliphatic heterocycles. The van der Waals surface area contributed by atoms with Gasteiger partial charge in [-0.05, 0) is 81.0 Å². The van der Waals surface area contributed by atoms with E-state index in [4.69, 9.17) is 4.42 Å². The number of amides is 1. The number of nitrogens with zero attached hydrogens (tertiary/aromatic N) is 2. The molecule has 5 heteroatoms. The van der Waals surface area contributed by atoms with Crippen LogP contribution in [0.2, 0.25) is 0 Å². The maximum absolute atomic E-state index is 12.4. The molecule has 30 heavy (non-hydrogen) atoms. The maximum Gasteiger partial charge on any atom is 0.307 e. The van der Waals surface area contributed by atoms with Gasteiger partial charge in [0.2, 0.25) is 0 Å². The van der Waals surface area contributed by atoms with Gasteiger partial charge < -0.3 is 9.32 Å². The van der Waals surface area contributed by atoms with Crippen LogP contribution in [0.5, 0.6) is 0 Å². The summed E-state index contributed by atoms with van der Waals surface area (Å²) >= 11 is 0. The highest BCUT2D eigenvalue weighted by Gasteiger charge is 2.35. The van der Waals surface area contributed by atoms with E-state index in [1.165, 1.54) is 11.3 Å². The number of hydrogen-bond acceptors (Lipinski definition) is 4. The molecule has 5 nitrogen and oxygen atoms in total. The standard InChI is InChI=1S/C25H29N3O2/c1-6-28-21-11-16(2)19(12-20(21)17(3)14-25(28,4)5)15-26-27-24(29)23-13-18-9-7-8-10-22(18)30-23/h7-13,15,17H,6,14H2,1-5H3,(H,27,29)/b26-15+/t17-/m0/s1. The van der Waals surface area contributed by atoms with Crippen molar-refractivity contribution in [1.29, 1.82) is 0 Å². The Labute approximate surface area is 177 Å². The van der Waals surface area contributed by atoms with Gasteiger partial charge in [-0.1, -0.05) is 25.1 Å². The molecule has 1 amide bonds. The number of nitrogens with one attached hydrogen (secondary N) is 1. The number of furan rings is 1. The fourth-order valence-corrected chi connectivity index (χ4v) is 4.70. The average molecular weight is 404 g/mol. The van der Waals surface area contributed by atoms with Gasteiger partial charge in [-0.15, -0.1) is 0 Å². The van der Waals surface area contributed by atoms with E-state index in [1.54, 1.807) is 12.3 Å². The van der Waals surface area contributed by atoms with Gasteiger partial charge in [0, 0.05) is 23.2 Å². The van der Waals surface area contributed by atoms with Crippen molar-refractivity contribution in [3.05, 3.63) is 64.9 Å². The SMILES string of the molecule is CCN1c2cc(C)c(/C=N/NC(=O)c3cc4ccccc4o3)cc2[C@@H](C)CC1(C)C. The van der Waals surface area contributed by atoms with E-state index in [0.29, 0.717) is 11.5 Å². The van der Waals surface area contributed by atoms with Gasteiger partial charge in [0.05, 0.1) is 6.21 Å². The van der Waals surface area contributed by atoms with E-state index in [-0.39, 0.29) is 17.2 Å². The molecule has 0 bridgehead atoms. The number of carbonyl (C=O) groups excluding carboxylic acids is 1. The molecule has 0 fully saturated rings. The summed E-state index contributed by atoms with van der Waals surface area (Å²) in [6, 6.07) is 13.7. The third-order valence-electron chi connectivity index (χ3n) is 6.11. The molecule has 0 saturated carbocycles. The molecule has 0 unspecified atom stereocenters. The zero-order valence-electron chi connectivity index (χ0n) is 18.3. The van der Waals surface area contributed by atoms with Gasteiger partial charge in [0.15, 0.2) is 5.76 Å². The molecule has 1 atom stereocenters. The monoisotopic (exact) mass is 403 g/mol. The van der Waals surface area contributed by atoms with Crippen molar-refractivity contribution >= 4 is 28.8 Å². The summed E-state index contributed by atoms with van der Waals surface area (Å²) in [6.07, 6.45) is 2.83. The second-order valence-electron chi connectivity index (χ2n) is 8.78. The quantitative estimate of drug-likeness (QED) is 0.454. The van der Waals surface area contributed by atoms with Crippen molar-refractivity contribution < 1.29 is 9.21 Å². The predicted octanol–water partition coefficient (Wildman–Crippen LogP) is 5.62. The topological polar surface area (TPSA) is 57.8 Å². The second-order valence-corrected chi connectivity index (χ2v) is 8.78. The van der Waals surface area contributed by atoms with Crippen molar-refractivity contribution in [2.24, 2.45) is 5.10 Å². The number of para-hydroxylation sites is 1. The summed E-state index contributed by atoms with van der Waals surface area (Å²) in [6.45, 7) is 12.2. The van der Waals surface area contributed by atoms with E-state index in [1.807, 2.05) is 24.3 Å². The largest absolute Gasteiger partial charge is 0.451 e. The van der Waals surface area contributed by atoms with E-state index in [9.17, 15) is 4.79 Å². The Hall–Kier alpha value is -3.08. The normalized spacial score (nSPS) is 18.0. The van der Waals surface area contributed by atoms with Crippen molar-refractivity contribution in [2.45, 2.75) is 52.5 Å². The summed E-state index contributed by atoms with van der Waals surface area (Å²) in [7, 11) is 0. The van der Waals surface area contributed by atoms with Crippen LogP contribution in [0.15, 0.2) is 52.0 Å². The molecule has 0 aliphatic carbocycles. The summed E-state index contributed by atoms with van der Waals surface area (Å²) in [4.78, 5) is 14.9. The molecule has 0 saturated heterocycles. The van der Waals surface area contributed by atoms with Crippen molar-refractivity contribution in [2.75, 3.05) is 11.4 Å². The number of anilines is 1. The third kappa shape index (κ3) is 3.60. The van der Waals surface area contributed by atoms with E-state index in [2.05, 4.69) is 62.2 Å². The van der Waals surface area contributed by atoms with Crippen molar-refractivity contribution in [3.63, 3.8) is 0 Å². The second kappa shape index (κ2) is 7.63. The van der Waals surface area contributed by atoms with Crippen LogP contribution in [0.1, 0.15) is 67.3 Å². The Balaban J connectivity index is 1.55. The first-order valence-corrected chi connectivity index (χ1v) is 10.5. The van der Waals surface area contributed by atoms with Gasteiger partial charge in [-0.3, -0.25) is 4.79 Å². The van der Waals surface area contributed by atoms with Gasteiger partial charge >= 0.3 is 5.91 Å². The van der Waals surface area contributed by atoms with Crippen LogP contribution in [-0.4, -0.2) is 24.2 Å².